The minimum absolute atomic E-state index is 0.104. The molecular formula is C73H142O17P2. The maximum absolute atomic E-state index is 13.1. The summed E-state index contributed by atoms with van der Waals surface area (Å²) in [7, 11) is -9.89. The molecule has 0 amide bonds. The average Bonchev–Trinajstić information content (AvgIpc) is 2.60. The Morgan fingerprint density at radius 3 is 0.826 bits per heavy atom. The zero-order chi connectivity index (χ0) is 67.9. The molecule has 0 radical (unpaired) electrons. The first-order valence-electron chi connectivity index (χ1n) is 38.0. The van der Waals surface area contributed by atoms with Crippen LogP contribution in [0.3, 0.4) is 0 Å². The average molecular weight is 1350 g/mol. The van der Waals surface area contributed by atoms with Gasteiger partial charge in [-0.2, -0.15) is 0 Å². The molecule has 0 aromatic carbocycles. The quantitative estimate of drug-likeness (QED) is 0.0222. The number of esters is 4. The van der Waals surface area contributed by atoms with E-state index in [1.165, 1.54) is 186 Å². The number of hydrogen-bond donors (Lipinski definition) is 3. The number of carbonyl (C=O) groups excluding carboxylic acids is 4. The molecule has 0 aliphatic heterocycles. The van der Waals surface area contributed by atoms with Crippen molar-refractivity contribution in [1.82, 2.24) is 0 Å². The van der Waals surface area contributed by atoms with Gasteiger partial charge in [-0.05, 0) is 37.5 Å². The maximum Gasteiger partial charge on any atom is 0.472 e. The summed E-state index contributed by atoms with van der Waals surface area (Å²) in [5.74, 6) is -0.542. The van der Waals surface area contributed by atoms with Gasteiger partial charge in [0.25, 0.3) is 0 Å². The van der Waals surface area contributed by atoms with Crippen LogP contribution in [-0.2, 0) is 65.4 Å². The Kier molecular flexibility index (Phi) is 63.7. The number of aliphatic hydroxyl groups excluding tert-OH is 1. The summed E-state index contributed by atoms with van der Waals surface area (Å²) in [5, 5.41) is 10.6. The predicted molar refractivity (Wildman–Crippen MR) is 372 cm³/mol. The molecule has 3 unspecified atom stereocenters. The van der Waals surface area contributed by atoms with Crippen molar-refractivity contribution >= 4 is 39.5 Å². The van der Waals surface area contributed by atoms with Gasteiger partial charge >= 0.3 is 39.5 Å². The normalized spacial score (nSPS) is 14.4. The van der Waals surface area contributed by atoms with E-state index >= 15 is 0 Å². The zero-order valence-electron chi connectivity index (χ0n) is 59.9. The molecule has 0 heterocycles. The van der Waals surface area contributed by atoms with E-state index in [1.807, 2.05) is 0 Å². The number of aliphatic hydroxyl groups is 1. The van der Waals surface area contributed by atoms with E-state index in [2.05, 4.69) is 41.5 Å². The van der Waals surface area contributed by atoms with Crippen LogP contribution >= 0.6 is 15.6 Å². The van der Waals surface area contributed by atoms with Crippen LogP contribution in [0, 0.1) is 11.8 Å². The molecule has 0 fully saturated rings. The summed E-state index contributed by atoms with van der Waals surface area (Å²) in [6, 6.07) is 0. The van der Waals surface area contributed by atoms with E-state index in [1.54, 1.807) is 0 Å². The number of phosphoric ester groups is 2. The first kappa shape index (κ1) is 90.1. The summed E-state index contributed by atoms with van der Waals surface area (Å²) >= 11 is 0. The lowest BCUT2D eigenvalue weighted by Gasteiger charge is -2.21. The second kappa shape index (κ2) is 65.0. The molecule has 92 heavy (non-hydrogen) atoms. The van der Waals surface area contributed by atoms with Gasteiger partial charge in [0.2, 0.25) is 0 Å². The molecule has 0 saturated carbocycles. The van der Waals surface area contributed by atoms with Crippen molar-refractivity contribution in [3.63, 3.8) is 0 Å². The molecule has 0 aliphatic carbocycles. The Morgan fingerprint density at radius 1 is 0.315 bits per heavy atom. The third kappa shape index (κ3) is 65.4. The molecule has 0 aromatic heterocycles. The van der Waals surface area contributed by atoms with E-state index in [9.17, 15) is 43.2 Å². The van der Waals surface area contributed by atoms with Gasteiger partial charge < -0.3 is 33.8 Å². The molecule has 546 valence electrons. The zero-order valence-corrected chi connectivity index (χ0v) is 61.6. The Balaban J connectivity index is 5.12. The Labute approximate surface area is 562 Å². The summed E-state index contributed by atoms with van der Waals surface area (Å²) in [5.41, 5.74) is 0. The smallest absolute Gasteiger partial charge is 0.462 e. The first-order valence-corrected chi connectivity index (χ1v) is 41.0. The second-order valence-electron chi connectivity index (χ2n) is 27.1. The molecule has 0 aromatic rings. The van der Waals surface area contributed by atoms with Crippen LogP contribution < -0.4 is 0 Å². The Bertz CT molecular complexity index is 1790. The SMILES string of the molecule is CCCCCCCCCCCCCCCCC(=O)OC[C@H](COP(=O)(O)OC[C@@H](O)COP(=O)(O)OC[C@@H](COC(=O)CCCCCCC)OC(=O)CCCCCCCCCCC(C)CC)OC(=O)CCCCCCCCCCCCCCCCCCCCC(C)C. The van der Waals surface area contributed by atoms with Gasteiger partial charge in [-0.25, -0.2) is 9.13 Å². The van der Waals surface area contributed by atoms with Gasteiger partial charge in [0.1, 0.15) is 19.3 Å². The topological polar surface area (TPSA) is 237 Å². The van der Waals surface area contributed by atoms with E-state index < -0.39 is 97.5 Å². The van der Waals surface area contributed by atoms with Crippen molar-refractivity contribution in [3.8, 4) is 0 Å². The molecule has 0 saturated heterocycles. The van der Waals surface area contributed by atoms with Crippen LogP contribution in [0.15, 0.2) is 0 Å². The van der Waals surface area contributed by atoms with Crippen LogP contribution in [-0.4, -0.2) is 96.7 Å². The number of rotatable bonds is 72. The lowest BCUT2D eigenvalue weighted by atomic mass is 9.99. The van der Waals surface area contributed by atoms with Crippen molar-refractivity contribution in [3.05, 3.63) is 0 Å². The molecule has 0 bridgehead atoms. The molecule has 3 N–H and O–H groups in total. The molecule has 0 spiro atoms. The van der Waals surface area contributed by atoms with Crippen molar-refractivity contribution < 1.29 is 80.2 Å². The Hall–Kier alpha value is -1.94. The van der Waals surface area contributed by atoms with E-state index in [-0.39, 0.29) is 25.7 Å². The summed E-state index contributed by atoms with van der Waals surface area (Å²) < 4.78 is 68.2. The Morgan fingerprint density at radius 2 is 0.554 bits per heavy atom. The minimum atomic E-state index is -4.95. The van der Waals surface area contributed by atoms with Crippen LogP contribution in [0.4, 0.5) is 0 Å². The van der Waals surface area contributed by atoms with Crippen molar-refractivity contribution in [2.75, 3.05) is 39.6 Å². The largest absolute Gasteiger partial charge is 0.472 e. The minimum Gasteiger partial charge on any atom is -0.462 e. The van der Waals surface area contributed by atoms with E-state index in [0.29, 0.717) is 25.7 Å². The number of phosphoric acid groups is 2. The van der Waals surface area contributed by atoms with Gasteiger partial charge in [0.15, 0.2) is 12.2 Å². The van der Waals surface area contributed by atoms with Crippen LogP contribution in [0.25, 0.3) is 0 Å². The molecule has 0 aliphatic rings. The van der Waals surface area contributed by atoms with Gasteiger partial charge in [-0.1, -0.05) is 324 Å². The van der Waals surface area contributed by atoms with Gasteiger partial charge in [0, 0.05) is 25.7 Å². The standard InChI is InChI=1S/C73H142O17P2/c1-7-10-12-14-15-16-17-18-26-29-32-38-44-50-56-71(76)84-62-69(90-72(77)57-51-45-39-33-30-27-24-22-20-19-21-23-25-28-31-36-42-47-53-65(4)5)64-88-92(81,82)86-60-67(74)59-85-91(79,80)87-63-68(61-83-70(75)55-49-41-13-11-8-2)89-73(78)58-52-46-40-35-34-37-43-48-54-66(6)9-3/h65-69,74H,7-64H2,1-6H3,(H,79,80)(H,81,82)/t66?,67-,68+,69+/m0/s1. The first-order chi connectivity index (χ1) is 44.4. The highest BCUT2D eigenvalue weighted by Crippen LogP contribution is 2.45. The summed E-state index contributed by atoms with van der Waals surface area (Å²) in [6.45, 7) is 9.51. The fourth-order valence-corrected chi connectivity index (χ4v) is 12.7. The molecular weight excluding hydrogens is 1210 g/mol. The predicted octanol–water partition coefficient (Wildman–Crippen LogP) is 21.2. The van der Waals surface area contributed by atoms with E-state index in [0.717, 1.165) is 108 Å². The number of carbonyl (C=O) groups is 4. The van der Waals surface area contributed by atoms with Crippen molar-refractivity contribution in [2.45, 2.75) is 394 Å². The molecule has 6 atom stereocenters. The van der Waals surface area contributed by atoms with Crippen LogP contribution in [0.5, 0.6) is 0 Å². The van der Waals surface area contributed by atoms with Crippen molar-refractivity contribution in [1.29, 1.82) is 0 Å². The van der Waals surface area contributed by atoms with Gasteiger partial charge in [-0.3, -0.25) is 37.3 Å². The molecule has 19 heteroatoms. The number of hydrogen-bond acceptors (Lipinski definition) is 15. The van der Waals surface area contributed by atoms with Gasteiger partial charge in [0.05, 0.1) is 26.4 Å². The maximum atomic E-state index is 13.1. The monoisotopic (exact) mass is 1350 g/mol. The highest BCUT2D eigenvalue weighted by molar-refractivity contribution is 7.47. The third-order valence-electron chi connectivity index (χ3n) is 17.3. The highest BCUT2D eigenvalue weighted by Gasteiger charge is 2.30. The highest BCUT2D eigenvalue weighted by atomic mass is 31.2. The summed E-state index contributed by atoms with van der Waals surface area (Å²) in [4.78, 5) is 72.4. The van der Waals surface area contributed by atoms with E-state index in [4.69, 9.17) is 37.0 Å². The van der Waals surface area contributed by atoms with Crippen LogP contribution in [0.1, 0.15) is 375 Å². The lowest BCUT2D eigenvalue weighted by Crippen LogP contribution is -2.30. The third-order valence-corrected chi connectivity index (χ3v) is 19.2. The lowest BCUT2D eigenvalue weighted by molar-refractivity contribution is -0.161. The van der Waals surface area contributed by atoms with Crippen molar-refractivity contribution in [2.24, 2.45) is 11.8 Å². The fraction of sp³-hybridized carbons (Fsp3) is 0.945. The number of unbranched alkanes of at least 4 members (excludes halogenated alkanes) is 41. The van der Waals surface area contributed by atoms with Crippen LogP contribution in [0.2, 0.25) is 0 Å². The number of ether oxygens (including phenoxy) is 4. The molecule has 0 rings (SSSR count). The van der Waals surface area contributed by atoms with Gasteiger partial charge in [-0.15, -0.1) is 0 Å². The summed E-state index contributed by atoms with van der Waals surface area (Å²) in [6.07, 6.45) is 51.8. The molecule has 17 nitrogen and oxygen atoms in total. The second-order valence-corrected chi connectivity index (χ2v) is 30.0. The fourth-order valence-electron chi connectivity index (χ4n) is 11.1.